The highest BCUT2D eigenvalue weighted by Crippen LogP contribution is 3.00. The van der Waals surface area contributed by atoms with Gasteiger partial charge in [-0.25, -0.2) is 0 Å². The van der Waals surface area contributed by atoms with Crippen molar-refractivity contribution in [2.24, 2.45) is 22.7 Å². The minimum Gasteiger partial charge on any atom is -0.117 e. The third-order valence-electron chi connectivity index (χ3n) is 5.52. The third kappa shape index (κ3) is 0.478. The van der Waals surface area contributed by atoms with Crippen molar-refractivity contribution in [2.75, 3.05) is 0 Å². The van der Waals surface area contributed by atoms with Crippen LogP contribution in [0.25, 0.3) is 0 Å². The van der Waals surface area contributed by atoms with E-state index in [2.05, 4.69) is 19.1 Å². The number of rotatable bonds is 0. The van der Waals surface area contributed by atoms with E-state index in [1.165, 1.54) is 6.42 Å². The molecule has 0 aliphatic heterocycles. The first-order valence-electron chi connectivity index (χ1n) is 5.17. The summed E-state index contributed by atoms with van der Waals surface area (Å²) in [5, 5.41) is 0. The quantitative estimate of drug-likeness (QED) is 0.453. The van der Waals surface area contributed by atoms with Gasteiger partial charge in [0.1, 0.15) is 4.33 Å². The largest absolute Gasteiger partial charge is 0.127 e. The predicted molar refractivity (Wildman–Crippen MR) is 58.9 cm³/mol. The molecular weight excluding hydrogens is 238 g/mol. The maximum Gasteiger partial charge on any atom is 0.127 e. The Hall–Kier alpha value is 0.610. The molecule has 14 heavy (non-hydrogen) atoms. The van der Waals surface area contributed by atoms with Crippen LogP contribution >= 0.6 is 34.8 Å². The lowest BCUT2D eigenvalue weighted by Gasteiger charge is -2.16. The topological polar surface area (TPSA) is 0 Å². The van der Waals surface area contributed by atoms with Crippen LogP contribution in [0.5, 0.6) is 0 Å². The summed E-state index contributed by atoms with van der Waals surface area (Å²) in [5.41, 5.74) is 0.194. The van der Waals surface area contributed by atoms with Crippen molar-refractivity contribution in [1.29, 1.82) is 0 Å². The molecule has 3 fully saturated rings. The molecule has 4 rings (SSSR count). The number of allylic oxidation sites excluding steroid dienone is 2. The van der Waals surface area contributed by atoms with Gasteiger partial charge in [0.05, 0.1) is 4.87 Å². The second kappa shape index (κ2) is 1.81. The molecule has 0 N–H and O–H groups in total. The molecule has 0 nitrogen and oxygen atoms in total. The zero-order valence-electron chi connectivity index (χ0n) is 7.86. The fourth-order valence-electron chi connectivity index (χ4n) is 4.76. The normalized spacial score (nSPS) is 70.0. The van der Waals surface area contributed by atoms with E-state index in [-0.39, 0.29) is 15.7 Å². The molecule has 0 aromatic carbocycles. The number of alkyl halides is 3. The van der Waals surface area contributed by atoms with Gasteiger partial charge in [0, 0.05) is 10.8 Å². The van der Waals surface area contributed by atoms with Crippen molar-refractivity contribution in [2.45, 2.75) is 29.0 Å². The van der Waals surface area contributed by atoms with Crippen LogP contribution in [0.2, 0.25) is 0 Å². The molecule has 76 valence electrons. The van der Waals surface area contributed by atoms with E-state index in [9.17, 15) is 0 Å². The lowest BCUT2D eigenvalue weighted by molar-refractivity contribution is 0.372. The van der Waals surface area contributed by atoms with E-state index >= 15 is 0 Å². The van der Waals surface area contributed by atoms with Crippen LogP contribution in [-0.2, 0) is 0 Å². The van der Waals surface area contributed by atoms with E-state index in [1.54, 1.807) is 0 Å². The van der Waals surface area contributed by atoms with Gasteiger partial charge in [-0.3, -0.25) is 0 Å². The fraction of sp³-hybridized carbons (Fsp3) is 0.818. The maximum atomic E-state index is 6.80. The average Bonchev–Trinajstić information content (AvgIpc) is 2.71. The minimum atomic E-state index is -0.549. The minimum absolute atomic E-state index is 0.0226. The van der Waals surface area contributed by atoms with E-state index in [1.807, 2.05) is 0 Å². The molecule has 1 spiro atoms. The highest BCUT2D eigenvalue weighted by atomic mass is 35.5. The molecule has 0 heterocycles. The Kier molecular flexibility index (Phi) is 1.13. The second-order valence-corrected chi connectivity index (χ2v) is 7.61. The maximum absolute atomic E-state index is 6.80. The van der Waals surface area contributed by atoms with Gasteiger partial charge in [0.15, 0.2) is 0 Å². The van der Waals surface area contributed by atoms with Gasteiger partial charge in [0.25, 0.3) is 0 Å². The van der Waals surface area contributed by atoms with Crippen LogP contribution in [0.1, 0.15) is 19.8 Å². The summed E-state index contributed by atoms with van der Waals surface area (Å²) in [6, 6.07) is 0. The van der Waals surface area contributed by atoms with Crippen molar-refractivity contribution >= 4 is 34.8 Å². The number of hydrogen-bond donors (Lipinski definition) is 0. The molecule has 0 saturated heterocycles. The molecule has 4 aliphatic rings. The van der Waals surface area contributed by atoms with Gasteiger partial charge in [0.2, 0.25) is 0 Å². The van der Waals surface area contributed by atoms with Crippen LogP contribution in [0.3, 0.4) is 0 Å². The Morgan fingerprint density at radius 1 is 1.14 bits per heavy atom. The van der Waals surface area contributed by atoms with Gasteiger partial charge < -0.3 is 0 Å². The average molecular weight is 250 g/mol. The van der Waals surface area contributed by atoms with Crippen molar-refractivity contribution in [1.82, 2.24) is 0 Å². The molecule has 0 aromatic heterocycles. The van der Waals surface area contributed by atoms with Crippen LogP contribution in [0, 0.1) is 22.7 Å². The molecule has 4 aliphatic carbocycles. The van der Waals surface area contributed by atoms with Crippen LogP contribution in [0.15, 0.2) is 12.2 Å². The fourth-order valence-corrected chi connectivity index (χ4v) is 6.79. The molecule has 0 radical (unpaired) electrons. The summed E-state index contributed by atoms with van der Waals surface area (Å²) in [5.74, 6) is 1.13. The third-order valence-corrected chi connectivity index (χ3v) is 7.43. The molecule has 3 heteroatoms. The summed E-state index contributed by atoms with van der Waals surface area (Å²) in [4.78, 5) is -0.122. The molecule has 0 amide bonds. The lowest BCUT2D eigenvalue weighted by atomic mass is 9.89. The first-order chi connectivity index (χ1) is 6.42. The van der Waals surface area contributed by atoms with Crippen LogP contribution < -0.4 is 0 Å². The first kappa shape index (κ1) is 8.73. The Labute approximate surface area is 98.6 Å². The van der Waals surface area contributed by atoms with Gasteiger partial charge >= 0.3 is 0 Å². The molecule has 2 bridgehead atoms. The first-order valence-corrected chi connectivity index (χ1v) is 6.30. The highest BCUT2D eigenvalue weighted by molar-refractivity contribution is 6.53. The smallest absolute Gasteiger partial charge is 0.117 e. The zero-order chi connectivity index (χ0) is 9.98. The Morgan fingerprint density at radius 2 is 1.71 bits per heavy atom. The molecule has 5 atom stereocenters. The van der Waals surface area contributed by atoms with E-state index < -0.39 is 4.33 Å². The summed E-state index contributed by atoms with van der Waals surface area (Å²) < 4.78 is -0.549. The van der Waals surface area contributed by atoms with Gasteiger partial charge in [-0.1, -0.05) is 19.1 Å². The monoisotopic (exact) mass is 248 g/mol. The Morgan fingerprint density at radius 3 is 2.14 bits per heavy atom. The molecule has 3 saturated carbocycles. The van der Waals surface area contributed by atoms with Crippen molar-refractivity contribution in [3.8, 4) is 0 Å². The number of fused-ring (bicyclic) bond motifs is 7. The highest BCUT2D eigenvalue weighted by Gasteiger charge is 3.03. The number of hydrogen-bond acceptors (Lipinski definition) is 0. The summed E-state index contributed by atoms with van der Waals surface area (Å²) in [7, 11) is 0. The standard InChI is InChI=1S/C11H11Cl3/c1-8-6-2-3-7(4-6)11(8,14)9(8)5-10(9,12)13/h2-3,6-7H,4-5H2,1H3/t6-,7+,8+,9+,11-/m0/s1. The lowest BCUT2D eigenvalue weighted by Crippen LogP contribution is -2.16. The van der Waals surface area contributed by atoms with E-state index in [4.69, 9.17) is 34.8 Å². The van der Waals surface area contributed by atoms with Crippen LogP contribution in [-0.4, -0.2) is 9.21 Å². The van der Waals surface area contributed by atoms with Crippen molar-refractivity contribution in [3.05, 3.63) is 12.2 Å². The van der Waals surface area contributed by atoms with Gasteiger partial charge in [-0.05, 0) is 24.7 Å². The van der Waals surface area contributed by atoms with Crippen LogP contribution in [0.4, 0.5) is 0 Å². The predicted octanol–water partition coefficient (Wildman–Crippen LogP) is 3.75. The van der Waals surface area contributed by atoms with Crippen molar-refractivity contribution < 1.29 is 0 Å². The Bertz CT molecular complexity index is 362. The summed E-state index contributed by atoms with van der Waals surface area (Å²) >= 11 is 19.4. The van der Waals surface area contributed by atoms with Crippen molar-refractivity contribution in [3.63, 3.8) is 0 Å². The SMILES string of the molecule is C[C@]12[C@H]3C=C[C@H](C3)[C@@]1(Cl)[C@]21CC1(Cl)Cl. The number of halogens is 3. The van der Waals surface area contributed by atoms with Gasteiger partial charge in [-0.2, -0.15) is 0 Å². The molecule has 0 aromatic rings. The van der Waals surface area contributed by atoms with E-state index in [0.717, 1.165) is 6.42 Å². The zero-order valence-corrected chi connectivity index (χ0v) is 10.1. The van der Waals surface area contributed by atoms with Gasteiger partial charge in [-0.15, -0.1) is 34.8 Å². The second-order valence-electron chi connectivity index (χ2n) is 5.53. The molecule has 0 unspecified atom stereocenters. The molecular formula is C11H11Cl3. The Balaban J connectivity index is 1.92. The summed E-state index contributed by atoms with van der Waals surface area (Å²) in [6.07, 6.45) is 6.70. The van der Waals surface area contributed by atoms with E-state index in [0.29, 0.717) is 11.8 Å². The summed E-state index contributed by atoms with van der Waals surface area (Å²) in [6.45, 7) is 2.28.